The number of carbonyl (C=O) groups excluding carboxylic acids is 1. The zero-order valence-electron chi connectivity index (χ0n) is 17.0. The first-order valence-electron chi connectivity index (χ1n) is 10.2. The third-order valence-corrected chi connectivity index (χ3v) is 6.04. The van der Waals surface area contributed by atoms with E-state index in [9.17, 15) is 9.59 Å². The fourth-order valence-electron chi connectivity index (χ4n) is 4.21. The van der Waals surface area contributed by atoms with Gasteiger partial charge in [0.15, 0.2) is 5.43 Å². The van der Waals surface area contributed by atoms with Crippen molar-refractivity contribution < 1.29 is 9.21 Å². The zero-order chi connectivity index (χ0) is 21.5. The molecule has 0 saturated carbocycles. The number of aryl methyl sites for hydroxylation is 1. The summed E-state index contributed by atoms with van der Waals surface area (Å²) in [7, 11) is 0. The summed E-state index contributed by atoms with van der Waals surface area (Å²) < 4.78 is 5.96. The molecule has 3 aromatic carbocycles. The molecule has 0 aliphatic carbocycles. The van der Waals surface area contributed by atoms with Gasteiger partial charge in [-0.3, -0.25) is 9.59 Å². The van der Waals surface area contributed by atoms with Gasteiger partial charge in [0.25, 0.3) is 5.91 Å². The number of nitrogens with zero attached hydrogens (tertiary/aromatic N) is 1. The van der Waals surface area contributed by atoms with Gasteiger partial charge in [0, 0.05) is 11.6 Å². The maximum Gasteiger partial charge on any atom is 0.290 e. The van der Waals surface area contributed by atoms with Crippen LogP contribution in [0.1, 0.15) is 38.9 Å². The molecule has 0 spiro atoms. The number of fused-ring (bicyclic) bond motifs is 2. The van der Waals surface area contributed by atoms with Crippen LogP contribution in [-0.2, 0) is 6.42 Å². The third kappa shape index (κ3) is 3.43. The summed E-state index contributed by atoms with van der Waals surface area (Å²) in [6.45, 7) is 2.48. The SMILES string of the molecule is Cc1ccc([C@@H]2c3c(oc4ccc(Cl)cc4c3=O)C(=O)N2CCc2ccccc2)cc1. The van der Waals surface area contributed by atoms with Gasteiger partial charge in [-0.1, -0.05) is 71.8 Å². The van der Waals surface area contributed by atoms with Gasteiger partial charge in [-0.2, -0.15) is 0 Å². The molecule has 0 saturated heterocycles. The number of hydrogen-bond donors (Lipinski definition) is 0. The molecule has 2 heterocycles. The molecule has 5 heteroatoms. The van der Waals surface area contributed by atoms with Gasteiger partial charge in [-0.15, -0.1) is 0 Å². The second-order valence-electron chi connectivity index (χ2n) is 7.86. The molecular formula is C26H20ClNO3. The normalized spacial score (nSPS) is 15.5. The van der Waals surface area contributed by atoms with E-state index >= 15 is 0 Å². The molecule has 0 fully saturated rings. The highest BCUT2D eigenvalue weighted by Crippen LogP contribution is 2.38. The molecule has 0 bridgehead atoms. The molecule has 1 amide bonds. The molecule has 1 atom stereocenters. The number of rotatable bonds is 4. The summed E-state index contributed by atoms with van der Waals surface area (Å²) in [6.07, 6.45) is 0.683. The van der Waals surface area contributed by atoms with Crippen LogP contribution in [0.4, 0.5) is 0 Å². The summed E-state index contributed by atoms with van der Waals surface area (Å²) in [5.41, 5.74) is 3.68. The van der Waals surface area contributed by atoms with Crippen LogP contribution in [0, 0.1) is 6.92 Å². The molecule has 0 N–H and O–H groups in total. The molecule has 0 unspecified atom stereocenters. The number of amides is 1. The van der Waals surface area contributed by atoms with E-state index in [0.29, 0.717) is 34.5 Å². The van der Waals surface area contributed by atoms with Crippen LogP contribution in [0.5, 0.6) is 0 Å². The van der Waals surface area contributed by atoms with E-state index in [-0.39, 0.29) is 17.1 Å². The van der Waals surface area contributed by atoms with Crippen molar-refractivity contribution in [3.8, 4) is 0 Å². The highest BCUT2D eigenvalue weighted by Gasteiger charge is 2.42. The van der Waals surface area contributed by atoms with E-state index in [0.717, 1.165) is 16.7 Å². The number of halogens is 1. The maximum absolute atomic E-state index is 13.5. The number of hydrogen-bond acceptors (Lipinski definition) is 3. The highest BCUT2D eigenvalue weighted by atomic mass is 35.5. The van der Waals surface area contributed by atoms with E-state index in [1.165, 1.54) is 0 Å². The Hall–Kier alpha value is -3.37. The number of benzene rings is 3. The molecule has 0 radical (unpaired) electrons. The van der Waals surface area contributed by atoms with Crippen molar-refractivity contribution in [1.29, 1.82) is 0 Å². The molecule has 5 rings (SSSR count). The lowest BCUT2D eigenvalue weighted by atomic mass is 9.97. The van der Waals surface area contributed by atoms with Crippen molar-refractivity contribution in [3.05, 3.63) is 116 Å². The minimum atomic E-state index is -0.494. The minimum Gasteiger partial charge on any atom is -0.450 e. The summed E-state index contributed by atoms with van der Waals surface area (Å²) in [5, 5.41) is 0.845. The fourth-order valence-corrected chi connectivity index (χ4v) is 4.38. The first-order chi connectivity index (χ1) is 15.0. The summed E-state index contributed by atoms with van der Waals surface area (Å²) in [6, 6.07) is 22.3. The van der Waals surface area contributed by atoms with E-state index < -0.39 is 6.04 Å². The Morgan fingerprint density at radius 2 is 1.71 bits per heavy atom. The van der Waals surface area contributed by atoms with Crippen molar-refractivity contribution in [2.75, 3.05) is 6.54 Å². The average molecular weight is 430 g/mol. The van der Waals surface area contributed by atoms with Crippen LogP contribution in [0.2, 0.25) is 5.02 Å². The molecule has 4 nitrogen and oxygen atoms in total. The van der Waals surface area contributed by atoms with E-state index in [4.69, 9.17) is 16.0 Å². The lowest BCUT2D eigenvalue weighted by Crippen LogP contribution is -2.31. The summed E-state index contributed by atoms with van der Waals surface area (Å²) in [5.74, 6) is -0.135. The van der Waals surface area contributed by atoms with Crippen LogP contribution in [0.3, 0.4) is 0 Å². The Bertz CT molecular complexity index is 1340. The van der Waals surface area contributed by atoms with E-state index in [1.54, 1.807) is 23.1 Å². The van der Waals surface area contributed by atoms with Crippen LogP contribution >= 0.6 is 11.6 Å². The summed E-state index contributed by atoms with van der Waals surface area (Å²) >= 11 is 6.13. The van der Waals surface area contributed by atoms with Crippen molar-refractivity contribution in [3.63, 3.8) is 0 Å². The van der Waals surface area contributed by atoms with Gasteiger partial charge < -0.3 is 9.32 Å². The smallest absolute Gasteiger partial charge is 0.290 e. The number of carbonyl (C=O) groups is 1. The van der Waals surface area contributed by atoms with Gasteiger partial charge in [0.1, 0.15) is 5.58 Å². The summed E-state index contributed by atoms with van der Waals surface area (Å²) in [4.78, 5) is 28.6. The van der Waals surface area contributed by atoms with Crippen molar-refractivity contribution >= 4 is 28.5 Å². The van der Waals surface area contributed by atoms with Gasteiger partial charge in [0.2, 0.25) is 5.76 Å². The second-order valence-corrected chi connectivity index (χ2v) is 8.30. The van der Waals surface area contributed by atoms with Crippen LogP contribution < -0.4 is 5.43 Å². The van der Waals surface area contributed by atoms with Crippen LogP contribution in [-0.4, -0.2) is 17.4 Å². The average Bonchev–Trinajstić information content (AvgIpc) is 3.06. The van der Waals surface area contributed by atoms with Crippen molar-refractivity contribution in [2.45, 2.75) is 19.4 Å². The van der Waals surface area contributed by atoms with Crippen LogP contribution in [0.15, 0.2) is 82.0 Å². The van der Waals surface area contributed by atoms with Crippen molar-refractivity contribution in [2.24, 2.45) is 0 Å². The zero-order valence-corrected chi connectivity index (χ0v) is 17.7. The standard InChI is InChI=1S/C26H20ClNO3/c1-16-7-9-18(10-8-16)23-22-24(29)20-15-19(27)11-12-21(20)31-25(22)26(30)28(23)14-13-17-5-3-2-4-6-17/h2-12,15,23H,13-14H2,1H3/t23-/m1/s1. The van der Waals surface area contributed by atoms with Crippen molar-refractivity contribution in [1.82, 2.24) is 4.90 Å². The molecule has 1 aromatic heterocycles. The molecule has 4 aromatic rings. The van der Waals surface area contributed by atoms with Gasteiger partial charge in [-0.25, -0.2) is 0 Å². The predicted octanol–water partition coefficient (Wildman–Crippen LogP) is 5.54. The highest BCUT2D eigenvalue weighted by molar-refractivity contribution is 6.31. The fraction of sp³-hybridized carbons (Fsp3) is 0.154. The Kier molecular flexibility index (Phi) is 4.87. The molecule has 1 aliphatic rings. The van der Waals surface area contributed by atoms with Crippen LogP contribution in [0.25, 0.3) is 11.0 Å². The molecule has 1 aliphatic heterocycles. The maximum atomic E-state index is 13.5. The van der Waals surface area contributed by atoms with Gasteiger partial charge in [-0.05, 0) is 42.7 Å². The largest absolute Gasteiger partial charge is 0.450 e. The lowest BCUT2D eigenvalue weighted by Gasteiger charge is -2.25. The van der Waals surface area contributed by atoms with Gasteiger partial charge >= 0.3 is 0 Å². The Morgan fingerprint density at radius 3 is 2.45 bits per heavy atom. The predicted molar refractivity (Wildman–Crippen MR) is 122 cm³/mol. The molecule has 154 valence electrons. The minimum absolute atomic E-state index is 0.124. The third-order valence-electron chi connectivity index (χ3n) is 5.81. The van der Waals surface area contributed by atoms with E-state index in [1.807, 2.05) is 61.5 Å². The molecule has 31 heavy (non-hydrogen) atoms. The first-order valence-corrected chi connectivity index (χ1v) is 10.6. The Labute approximate surface area is 184 Å². The Morgan fingerprint density at radius 1 is 0.968 bits per heavy atom. The quantitative estimate of drug-likeness (QED) is 0.427. The van der Waals surface area contributed by atoms with E-state index in [2.05, 4.69) is 0 Å². The second kappa shape index (κ2) is 7.71. The van der Waals surface area contributed by atoms with Gasteiger partial charge in [0.05, 0.1) is 17.0 Å². The monoisotopic (exact) mass is 429 g/mol. The Balaban J connectivity index is 1.66. The lowest BCUT2D eigenvalue weighted by molar-refractivity contribution is 0.0730. The topological polar surface area (TPSA) is 50.5 Å². The first kappa shape index (κ1) is 19.6. The molecular weight excluding hydrogens is 410 g/mol.